The van der Waals surface area contributed by atoms with E-state index in [1.165, 1.54) is 37.8 Å². The minimum absolute atomic E-state index is 0.637. The molecular formula is C15H18Cl2N2. The number of nitrogens with zero attached hydrogens (tertiary/aromatic N) is 1. The van der Waals surface area contributed by atoms with Crippen LogP contribution in [-0.2, 0) is 0 Å². The van der Waals surface area contributed by atoms with Crippen LogP contribution in [0.3, 0.4) is 0 Å². The number of hydrogen-bond acceptors (Lipinski definition) is 2. The van der Waals surface area contributed by atoms with Crippen LogP contribution in [0.15, 0.2) is 12.1 Å². The van der Waals surface area contributed by atoms with Crippen LogP contribution in [0, 0.1) is 5.92 Å². The maximum absolute atomic E-state index is 6.22. The Morgan fingerprint density at radius 1 is 1.11 bits per heavy atom. The van der Waals surface area contributed by atoms with Gasteiger partial charge in [0.05, 0.1) is 21.4 Å². The molecule has 2 nitrogen and oxygen atoms in total. The van der Waals surface area contributed by atoms with E-state index >= 15 is 0 Å². The smallest absolute Gasteiger partial charge is 0.0623 e. The number of nitrogens with one attached hydrogen (secondary N) is 1. The lowest BCUT2D eigenvalue weighted by Crippen LogP contribution is -2.44. The van der Waals surface area contributed by atoms with Gasteiger partial charge in [0.15, 0.2) is 0 Å². The lowest BCUT2D eigenvalue weighted by Gasteiger charge is -2.40. The third-order valence-electron chi connectivity index (χ3n) is 5.04. The Kier molecular flexibility index (Phi) is 2.85. The number of rotatable bonds is 0. The fourth-order valence-corrected chi connectivity index (χ4v) is 4.56. The number of halogens is 2. The number of hydrogen-bond donors (Lipinski definition) is 1. The summed E-state index contributed by atoms with van der Waals surface area (Å²) in [6.07, 6.45) is 6.84. The molecular weight excluding hydrogens is 279 g/mol. The highest BCUT2D eigenvalue weighted by atomic mass is 35.5. The maximum Gasteiger partial charge on any atom is 0.0623 e. The minimum Gasteiger partial charge on any atom is -0.381 e. The van der Waals surface area contributed by atoms with Crippen molar-refractivity contribution in [2.75, 3.05) is 16.8 Å². The SMILES string of the molecule is Clc1cc2c(cc1Cl)N1C(CN2)CC2CCCCC21. The van der Waals surface area contributed by atoms with Gasteiger partial charge in [-0.1, -0.05) is 36.0 Å². The summed E-state index contributed by atoms with van der Waals surface area (Å²) in [5, 5.41) is 4.84. The van der Waals surface area contributed by atoms with Crippen LogP contribution >= 0.6 is 23.2 Å². The predicted octanol–water partition coefficient (Wildman–Crippen LogP) is 4.56. The Morgan fingerprint density at radius 2 is 1.89 bits per heavy atom. The van der Waals surface area contributed by atoms with Crippen molar-refractivity contribution in [3.63, 3.8) is 0 Å². The average Bonchev–Trinajstić information content (AvgIpc) is 2.79. The fourth-order valence-electron chi connectivity index (χ4n) is 4.24. The van der Waals surface area contributed by atoms with Crippen molar-refractivity contribution in [2.45, 2.75) is 44.2 Å². The molecule has 3 aliphatic rings. The van der Waals surface area contributed by atoms with Crippen molar-refractivity contribution < 1.29 is 0 Å². The number of fused-ring (bicyclic) bond motifs is 5. The van der Waals surface area contributed by atoms with Gasteiger partial charge in [0.2, 0.25) is 0 Å². The summed E-state index contributed by atoms with van der Waals surface area (Å²) in [5.41, 5.74) is 2.41. The molecule has 102 valence electrons. The molecule has 2 fully saturated rings. The fraction of sp³-hybridized carbons (Fsp3) is 0.600. The third-order valence-corrected chi connectivity index (χ3v) is 5.76. The first-order chi connectivity index (χ1) is 9.24. The van der Waals surface area contributed by atoms with Gasteiger partial charge in [0, 0.05) is 18.6 Å². The zero-order chi connectivity index (χ0) is 13.0. The highest BCUT2D eigenvalue weighted by molar-refractivity contribution is 6.42. The van der Waals surface area contributed by atoms with Crippen molar-refractivity contribution in [1.82, 2.24) is 0 Å². The van der Waals surface area contributed by atoms with Gasteiger partial charge in [-0.05, 0) is 37.3 Å². The standard InChI is InChI=1S/C15H18Cl2N2/c16-11-6-13-15(7-12(11)17)19-10(8-18-13)5-9-3-1-2-4-14(9)19/h6-7,9-10,14,18H,1-5,8H2. The molecule has 1 N–H and O–H groups in total. The Bertz CT molecular complexity index is 517. The van der Waals surface area contributed by atoms with Crippen LogP contribution in [0.25, 0.3) is 0 Å². The number of anilines is 2. The molecule has 0 aromatic heterocycles. The van der Waals surface area contributed by atoms with Crippen molar-refractivity contribution in [3.05, 3.63) is 22.2 Å². The van der Waals surface area contributed by atoms with E-state index < -0.39 is 0 Å². The van der Waals surface area contributed by atoms with E-state index in [4.69, 9.17) is 23.2 Å². The molecule has 0 amide bonds. The highest BCUT2D eigenvalue weighted by Crippen LogP contribution is 2.48. The largest absolute Gasteiger partial charge is 0.381 e. The normalized spacial score (nSPS) is 32.3. The van der Waals surface area contributed by atoms with Gasteiger partial charge in [0.25, 0.3) is 0 Å². The van der Waals surface area contributed by atoms with Crippen molar-refractivity contribution >= 4 is 34.6 Å². The maximum atomic E-state index is 6.22. The lowest BCUT2D eigenvalue weighted by molar-refractivity contribution is 0.342. The molecule has 1 saturated carbocycles. The van der Waals surface area contributed by atoms with E-state index in [1.54, 1.807) is 0 Å². The van der Waals surface area contributed by atoms with Gasteiger partial charge in [-0.25, -0.2) is 0 Å². The lowest BCUT2D eigenvalue weighted by atomic mass is 9.85. The first kappa shape index (κ1) is 12.2. The van der Waals surface area contributed by atoms with Crippen LogP contribution in [-0.4, -0.2) is 18.6 Å². The van der Waals surface area contributed by atoms with E-state index in [2.05, 4.69) is 16.3 Å². The summed E-state index contributed by atoms with van der Waals surface area (Å²) in [6, 6.07) is 5.38. The van der Waals surface area contributed by atoms with E-state index in [-0.39, 0.29) is 0 Å². The summed E-state index contributed by atoms with van der Waals surface area (Å²) in [4.78, 5) is 2.64. The Morgan fingerprint density at radius 3 is 2.79 bits per heavy atom. The van der Waals surface area contributed by atoms with Gasteiger partial charge in [0.1, 0.15) is 0 Å². The first-order valence-electron chi connectivity index (χ1n) is 7.25. The topological polar surface area (TPSA) is 15.3 Å². The average molecular weight is 297 g/mol. The highest BCUT2D eigenvalue weighted by Gasteiger charge is 2.44. The van der Waals surface area contributed by atoms with Crippen LogP contribution in [0.1, 0.15) is 32.1 Å². The summed E-state index contributed by atoms with van der Waals surface area (Å²) >= 11 is 12.4. The molecule has 2 heterocycles. The molecule has 3 unspecified atom stereocenters. The molecule has 1 saturated heterocycles. The van der Waals surface area contributed by atoms with Gasteiger partial charge in [-0.2, -0.15) is 0 Å². The zero-order valence-electron chi connectivity index (χ0n) is 10.8. The Hall–Kier alpha value is -0.600. The summed E-state index contributed by atoms with van der Waals surface area (Å²) in [6.45, 7) is 1.04. The van der Waals surface area contributed by atoms with E-state index in [0.29, 0.717) is 16.1 Å². The van der Waals surface area contributed by atoms with E-state index in [0.717, 1.165) is 24.2 Å². The van der Waals surface area contributed by atoms with E-state index in [9.17, 15) is 0 Å². The molecule has 1 aromatic carbocycles. The van der Waals surface area contributed by atoms with Gasteiger partial charge < -0.3 is 10.2 Å². The molecule has 2 aliphatic heterocycles. The zero-order valence-corrected chi connectivity index (χ0v) is 12.3. The Balaban J connectivity index is 1.77. The monoisotopic (exact) mass is 296 g/mol. The molecule has 19 heavy (non-hydrogen) atoms. The van der Waals surface area contributed by atoms with Gasteiger partial charge in [-0.3, -0.25) is 0 Å². The molecule has 3 atom stereocenters. The van der Waals surface area contributed by atoms with Crippen molar-refractivity contribution in [1.29, 1.82) is 0 Å². The second kappa shape index (κ2) is 4.46. The predicted molar refractivity (Wildman–Crippen MR) is 81.6 cm³/mol. The van der Waals surface area contributed by atoms with Gasteiger partial charge >= 0.3 is 0 Å². The van der Waals surface area contributed by atoms with Crippen molar-refractivity contribution in [2.24, 2.45) is 5.92 Å². The van der Waals surface area contributed by atoms with Crippen LogP contribution in [0.4, 0.5) is 11.4 Å². The van der Waals surface area contributed by atoms with Crippen molar-refractivity contribution in [3.8, 4) is 0 Å². The van der Waals surface area contributed by atoms with Crippen LogP contribution in [0.5, 0.6) is 0 Å². The van der Waals surface area contributed by atoms with E-state index in [1.807, 2.05) is 6.07 Å². The molecule has 0 bridgehead atoms. The molecule has 0 spiro atoms. The summed E-state index contributed by atoms with van der Waals surface area (Å²) in [5.74, 6) is 0.876. The quantitative estimate of drug-likeness (QED) is 0.755. The first-order valence-corrected chi connectivity index (χ1v) is 8.01. The Labute approximate surface area is 124 Å². The summed E-state index contributed by atoms with van der Waals surface area (Å²) in [7, 11) is 0. The summed E-state index contributed by atoms with van der Waals surface area (Å²) < 4.78 is 0. The minimum atomic E-state index is 0.637. The second-order valence-corrected chi connectivity index (χ2v) is 6.89. The van der Waals surface area contributed by atoms with Crippen LogP contribution in [0.2, 0.25) is 10.0 Å². The molecule has 1 aliphatic carbocycles. The molecule has 1 aromatic rings. The second-order valence-electron chi connectivity index (χ2n) is 6.07. The van der Waals surface area contributed by atoms with Crippen LogP contribution < -0.4 is 10.2 Å². The molecule has 4 heteroatoms. The van der Waals surface area contributed by atoms with Gasteiger partial charge in [-0.15, -0.1) is 0 Å². The third kappa shape index (κ3) is 1.84. The number of benzene rings is 1. The molecule has 4 rings (SSSR count). The molecule has 0 radical (unpaired) electrons.